The Hall–Kier alpha value is -5.58. The number of hydrogen-bond donors (Lipinski definition) is 1. The average molecular weight is 541 g/mol. The van der Waals surface area contributed by atoms with Crippen molar-refractivity contribution < 1.29 is 23.6 Å². The summed E-state index contributed by atoms with van der Waals surface area (Å²) < 4.78 is 20.6. The highest BCUT2D eigenvalue weighted by atomic mass is 19.1. The maximum absolute atomic E-state index is 13.1. The van der Waals surface area contributed by atoms with Crippen LogP contribution in [0.4, 0.5) is 15.8 Å². The summed E-state index contributed by atoms with van der Waals surface area (Å²) in [6.07, 6.45) is 11.3. The quantitative estimate of drug-likeness (QED) is 0.147. The molecular formula is C29H25FN6O4. The number of anilines is 2. The first-order valence-electron chi connectivity index (χ1n) is 11.9. The zero-order valence-electron chi connectivity index (χ0n) is 21.7. The third-order valence-electron chi connectivity index (χ3n) is 5.48. The van der Waals surface area contributed by atoms with Crippen molar-refractivity contribution in [3.05, 3.63) is 114 Å². The molecule has 1 amide bonds. The van der Waals surface area contributed by atoms with Crippen molar-refractivity contribution >= 4 is 41.6 Å². The van der Waals surface area contributed by atoms with Crippen molar-refractivity contribution in [2.45, 2.75) is 0 Å². The minimum absolute atomic E-state index is 0.0815. The van der Waals surface area contributed by atoms with Gasteiger partial charge in [-0.15, -0.1) is 0 Å². The van der Waals surface area contributed by atoms with E-state index in [0.29, 0.717) is 34.6 Å². The van der Waals surface area contributed by atoms with Gasteiger partial charge in [-0.05, 0) is 66.8 Å². The third kappa shape index (κ3) is 7.25. The molecule has 0 unspecified atom stereocenters. The first-order valence-corrected chi connectivity index (χ1v) is 11.9. The molecule has 1 aliphatic heterocycles. The second kappa shape index (κ2) is 12.8. The van der Waals surface area contributed by atoms with E-state index >= 15 is 0 Å². The van der Waals surface area contributed by atoms with Crippen LogP contribution in [0.2, 0.25) is 0 Å². The van der Waals surface area contributed by atoms with Crippen LogP contribution in [0.15, 0.2) is 113 Å². The second-order valence-electron chi connectivity index (χ2n) is 8.43. The average Bonchev–Trinajstić information content (AvgIpc) is 3.38. The van der Waals surface area contributed by atoms with Crippen LogP contribution >= 0.6 is 0 Å². The van der Waals surface area contributed by atoms with Gasteiger partial charge >= 0.3 is 0 Å². The summed E-state index contributed by atoms with van der Waals surface area (Å²) in [5, 5.41) is 10.6. The van der Waals surface area contributed by atoms with E-state index in [1.807, 2.05) is 0 Å². The number of aliphatic imine (C=N–C) groups is 1. The smallest absolute Gasteiger partial charge is 0.258 e. The number of nitrogens with one attached hydrogen (secondary N) is 1. The Labute approximate surface area is 229 Å². The lowest BCUT2D eigenvalue weighted by Gasteiger charge is -2.13. The number of aromatic nitrogens is 2. The molecular weight excluding hydrogens is 515 g/mol. The van der Waals surface area contributed by atoms with Crippen molar-refractivity contribution in [2.24, 2.45) is 17.2 Å². The first kappa shape index (κ1) is 27.5. The highest BCUT2D eigenvalue weighted by Crippen LogP contribution is 2.22. The highest BCUT2D eigenvalue weighted by molar-refractivity contribution is 6.16. The zero-order valence-corrected chi connectivity index (χ0v) is 21.7. The van der Waals surface area contributed by atoms with E-state index < -0.39 is 5.91 Å². The van der Waals surface area contributed by atoms with E-state index in [4.69, 9.17) is 9.57 Å². The van der Waals surface area contributed by atoms with Crippen molar-refractivity contribution in [3.63, 3.8) is 0 Å². The molecule has 202 valence electrons. The molecule has 10 nitrogen and oxygen atoms in total. The van der Waals surface area contributed by atoms with Gasteiger partial charge in [0, 0.05) is 43.4 Å². The fourth-order valence-electron chi connectivity index (χ4n) is 3.39. The molecule has 1 aromatic heterocycles. The molecule has 3 aromatic rings. The van der Waals surface area contributed by atoms with E-state index in [-0.39, 0.29) is 17.3 Å². The van der Waals surface area contributed by atoms with Crippen LogP contribution in [-0.2, 0) is 21.5 Å². The van der Waals surface area contributed by atoms with Crippen LogP contribution in [0.3, 0.4) is 0 Å². The SMILES string of the molecule is C=C1/C=C(/c2cnn(C)c2)O/N=C\N=C1Oc1ccc(NC(=O)/C(C=O)=C/C=C\N(C)c2ccc(F)cc2)cc1. The van der Waals surface area contributed by atoms with Crippen LogP contribution < -0.4 is 15.0 Å². The third-order valence-corrected chi connectivity index (χ3v) is 5.48. The van der Waals surface area contributed by atoms with Gasteiger partial charge in [-0.1, -0.05) is 11.7 Å². The Bertz CT molecular complexity index is 1550. The van der Waals surface area contributed by atoms with Crippen molar-refractivity contribution in [2.75, 3.05) is 17.3 Å². The maximum atomic E-state index is 13.1. The predicted octanol–water partition coefficient (Wildman–Crippen LogP) is 4.62. The monoisotopic (exact) mass is 540 g/mol. The molecule has 11 heteroatoms. The van der Waals surface area contributed by atoms with E-state index in [2.05, 4.69) is 27.1 Å². The lowest BCUT2D eigenvalue weighted by molar-refractivity contribution is -0.115. The number of benzene rings is 2. The highest BCUT2D eigenvalue weighted by Gasteiger charge is 2.14. The molecule has 40 heavy (non-hydrogen) atoms. The van der Waals surface area contributed by atoms with Gasteiger partial charge in [0.25, 0.3) is 5.91 Å². The molecule has 0 radical (unpaired) electrons. The van der Waals surface area contributed by atoms with E-state index in [0.717, 1.165) is 5.69 Å². The number of allylic oxidation sites excluding steroid dienone is 2. The number of oxime groups is 1. The van der Waals surface area contributed by atoms with Gasteiger partial charge in [-0.3, -0.25) is 14.3 Å². The van der Waals surface area contributed by atoms with E-state index in [9.17, 15) is 14.0 Å². The summed E-state index contributed by atoms with van der Waals surface area (Å²) in [4.78, 5) is 35.3. The van der Waals surface area contributed by atoms with Crippen molar-refractivity contribution in [1.82, 2.24) is 9.78 Å². The number of carbonyl (C=O) groups excluding carboxylic acids is 2. The topological polar surface area (TPSA) is 110 Å². The largest absolute Gasteiger partial charge is 0.438 e. The van der Waals surface area contributed by atoms with Crippen LogP contribution in [0.25, 0.3) is 5.76 Å². The van der Waals surface area contributed by atoms with Gasteiger partial charge < -0.3 is 19.8 Å². The lowest BCUT2D eigenvalue weighted by atomic mass is 10.2. The summed E-state index contributed by atoms with van der Waals surface area (Å²) in [6, 6.07) is 12.4. The Morgan fingerprint density at radius 3 is 2.60 bits per heavy atom. The molecule has 0 saturated carbocycles. The summed E-state index contributed by atoms with van der Waals surface area (Å²) in [5.41, 5.74) is 2.26. The maximum Gasteiger partial charge on any atom is 0.258 e. The predicted molar refractivity (Wildman–Crippen MR) is 151 cm³/mol. The zero-order chi connectivity index (χ0) is 28.5. The number of amides is 1. The van der Waals surface area contributed by atoms with Crippen LogP contribution in [0, 0.1) is 5.82 Å². The molecule has 0 saturated heterocycles. The van der Waals surface area contributed by atoms with Crippen molar-refractivity contribution in [3.8, 4) is 5.75 Å². The van der Waals surface area contributed by atoms with Gasteiger partial charge in [0.15, 0.2) is 18.4 Å². The summed E-state index contributed by atoms with van der Waals surface area (Å²) in [6.45, 7) is 4.00. The number of halogens is 1. The Kier molecular flexibility index (Phi) is 8.77. The molecule has 4 rings (SSSR count). The van der Waals surface area contributed by atoms with Gasteiger partial charge in [-0.2, -0.15) is 10.1 Å². The summed E-state index contributed by atoms with van der Waals surface area (Å²) in [5.74, 6) is 0.145. The molecule has 0 bridgehead atoms. The van der Waals surface area contributed by atoms with Crippen LogP contribution in [-0.4, -0.2) is 41.3 Å². The first-order chi connectivity index (χ1) is 19.3. The van der Waals surface area contributed by atoms with Crippen LogP contribution in [0.5, 0.6) is 5.75 Å². The molecule has 0 fully saturated rings. The Morgan fingerprint density at radius 2 is 1.93 bits per heavy atom. The number of nitrogens with zero attached hydrogens (tertiary/aromatic N) is 5. The Balaban J connectivity index is 1.37. The van der Waals surface area contributed by atoms with E-state index in [1.54, 1.807) is 90.8 Å². The van der Waals surface area contributed by atoms with Gasteiger partial charge in [0.2, 0.25) is 5.90 Å². The summed E-state index contributed by atoms with van der Waals surface area (Å²) >= 11 is 0. The molecule has 2 heterocycles. The van der Waals surface area contributed by atoms with Gasteiger partial charge in [0.1, 0.15) is 11.6 Å². The lowest BCUT2D eigenvalue weighted by Crippen LogP contribution is -2.15. The fraction of sp³-hybridized carbons (Fsp3) is 0.0690. The van der Waals surface area contributed by atoms with Crippen molar-refractivity contribution in [1.29, 1.82) is 0 Å². The van der Waals surface area contributed by atoms with Crippen LogP contribution in [0.1, 0.15) is 5.56 Å². The number of aldehydes is 1. The number of aryl methyl sites for hydroxylation is 1. The standard InChI is InChI=1S/C29H25FN6O4/c1-20-15-27(22-16-32-36(3)17-22)40-33-19-31-29(20)39-26-12-8-24(9-13-26)34-28(38)21(18-37)5-4-14-35(2)25-10-6-23(30)7-11-25/h4-19H,1H2,2-3H3,(H,34,38)/b14-4-,21-5+,27-15-,31-29?,33-19-. The molecule has 0 spiro atoms. The summed E-state index contributed by atoms with van der Waals surface area (Å²) in [7, 11) is 3.55. The fourth-order valence-corrected chi connectivity index (χ4v) is 3.39. The minimum atomic E-state index is -0.584. The number of carbonyl (C=O) groups is 2. The number of ether oxygens (including phenoxy) is 1. The normalized spacial score (nSPS) is 15.7. The molecule has 0 aliphatic carbocycles. The number of rotatable bonds is 8. The van der Waals surface area contributed by atoms with Gasteiger partial charge in [0.05, 0.1) is 17.3 Å². The number of hydrogen-bond acceptors (Lipinski definition) is 8. The molecule has 1 aliphatic rings. The second-order valence-corrected chi connectivity index (χ2v) is 8.43. The minimum Gasteiger partial charge on any atom is -0.438 e. The molecule has 2 aromatic carbocycles. The van der Waals surface area contributed by atoms with Gasteiger partial charge in [-0.25, -0.2) is 4.39 Å². The molecule has 0 atom stereocenters. The molecule has 1 N–H and O–H groups in total. The Morgan fingerprint density at radius 1 is 1.18 bits per heavy atom. The van der Waals surface area contributed by atoms with E-state index in [1.165, 1.54) is 24.5 Å².